The number of aryl methyl sites for hydroxylation is 1. The van der Waals surface area contributed by atoms with E-state index in [-0.39, 0.29) is 18.4 Å². The Labute approximate surface area is 204 Å². The molecule has 0 N–H and O–H groups in total. The van der Waals surface area contributed by atoms with Gasteiger partial charge < -0.3 is 4.74 Å². The number of benzene rings is 2. The minimum Gasteiger partial charge on any atom is -0.378 e. The molecule has 2 saturated heterocycles. The van der Waals surface area contributed by atoms with E-state index in [0.29, 0.717) is 38.5 Å². The lowest BCUT2D eigenvalue weighted by Gasteiger charge is -2.39. The van der Waals surface area contributed by atoms with E-state index in [1.54, 1.807) is 4.90 Å². The van der Waals surface area contributed by atoms with Gasteiger partial charge in [-0.15, -0.1) is 0 Å². The minimum absolute atomic E-state index is 0.0473. The minimum atomic E-state index is -3.20. The molecule has 1 amide bonds. The number of aliphatic imine (C=N–C) groups is 1. The van der Waals surface area contributed by atoms with Crippen molar-refractivity contribution in [3.05, 3.63) is 54.2 Å². The van der Waals surface area contributed by atoms with E-state index in [0.717, 1.165) is 27.6 Å². The van der Waals surface area contributed by atoms with Crippen LogP contribution in [0, 0.1) is 5.92 Å². The Morgan fingerprint density at radius 1 is 1.09 bits per heavy atom. The molecule has 1 spiro atoms. The van der Waals surface area contributed by atoms with Crippen LogP contribution in [0.1, 0.15) is 12.0 Å². The number of carbonyl (C=O) groups is 1. The predicted octanol–water partition coefficient (Wildman–Crippen LogP) is 1.88. The molecule has 4 heterocycles. The van der Waals surface area contributed by atoms with Gasteiger partial charge in [0, 0.05) is 56.6 Å². The Morgan fingerprint density at radius 3 is 2.49 bits per heavy atom. The number of ether oxygens (including phenoxy) is 1. The van der Waals surface area contributed by atoms with Gasteiger partial charge in [-0.25, -0.2) is 17.7 Å². The van der Waals surface area contributed by atoms with E-state index in [2.05, 4.69) is 23.3 Å². The molecule has 2 aromatic carbocycles. The van der Waals surface area contributed by atoms with Gasteiger partial charge in [0.1, 0.15) is 5.84 Å². The quantitative estimate of drug-likeness (QED) is 0.541. The second-order valence-electron chi connectivity index (χ2n) is 9.75. The third-order valence-electron chi connectivity index (χ3n) is 7.28. The van der Waals surface area contributed by atoms with Crippen molar-refractivity contribution in [3.8, 4) is 11.1 Å². The summed E-state index contributed by atoms with van der Waals surface area (Å²) in [6.07, 6.45) is 3.64. The highest BCUT2D eigenvalue weighted by Gasteiger charge is 2.52. The molecule has 10 heteroatoms. The summed E-state index contributed by atoms with van der Waals surface area (Å²) in [7, 11) is -1.28. The Morgan fingerprint density at radius 2 is 1.80 bits per heavy atom. The maximum atomic E-state index is 13.5. The fourth-order valence-electron chi connectivity index (χ4n) is 5.18. The van der Waals surface area contributed by atoms with E-state index >= 15 is 0 Å². The standard InChI is InChI=1S/C25H27N5O4S/c1-28-22-8-7-20(11-21(22)12-26-28)18-3-5-19(6-4-18)23-27-25(9-10-34-16-25)24(31)30(23)15-17-13-29(14-17)35(2,32)33/h3-8,11-12,17H,9-10,13-16H2,1-2H3. The highest BCUT2D eigenvalue weighted by atomic mass is 32.2. The third kappa shape index (κ3) is 3.76. The number of hydrogen-bond donors (Lipinski definition) is 0. The van der Waals surface area contributed by atoms with Crippen molar-refractivity contribution in [1.29, 1.82) is 0 Å². The van der Waals surface area contributed by atoms with Gasteiger partial charge in [-0.3, -0.25) is 14.4 Å². The molecule has 0 saturated carbocycles. The molecule has 3 aromatic rings. The zero-order valence-corrected chi connectivity index (χ0v) is 20.5. The average Bonchev–Trinajstić information content (AvgIpc) is 3.50. The number of hydrogen-bond acceptors (Lipinski definition) is 6. The van der Waals surface area contributed by atoms with Crippen LogP contribution >= 0.6 is 0 Å². The lowest BCUT2D eigenvalue weighted by atomic mass is 9.97. The first kappa shape index (κ1) is 22.4. The van der Waals surface area contributed by atoms with Gasteiger partial charge in [0.05, 0.1) is 24.6 Å². The van der Waals surface area contributed by atoms with Gasteiger partial charge in [0.25, 0.3) is 5.91 Å². The summed E-state index contributed by atoms with van der Waals surface area (Å²) in [6.45, 7) is 2.10. The molecular weight excluding hydrogens is 466 g/mol. The summed E-state index contributed by atoms with van der Waals surface area (Å²) in [5.74, 6) is 0.684. The first-order valence-electron chi connectivity index (χ1n) is 11.7. The highest BCUT2D eigenvalue weighted by Crippen LogP contribution is 2.35. The largest absolute Gasteiger partial charge is 0.378 e. The summed E-state index contributed by atoms with van der Waals surface area (Å²) in [4.78, 5) is 20.1. The van der Waals surface area contributed by atoms with Crippen molar-refractivity contribution in [2.24, 2.45) is 18.0 Å². The second kappa shape index (κ2) is 7.97. The maximum Gasteiger partial charge on any atom is 0.258 e. The molecule has 1 aromatic heterocycles. The van der Waals surface area contributed by atoms with Crippen molar-refractivity contribution in [2.45, 2.75) is 12.0 Å². The Bertz CT molecular complexity index is 1450. The van der Waals surface area contributed by atoms with E-state index < -0.39 is 15.6 Å². The molecule has 9 nitrogen and oxygen atoms in total. The van der Waals surface area contributed by atoms with E-state index in [1.807, 2.05) is 42.2 Å². The van der Waals surface area contributed by atoms with Crippen LogP contribution in [0.15, 0.2) is 53.7 Å². The number of rotatable bonds is 5. The molecule has 2 fully saturated rings. The number of carbonyl (C=O) groups excluding carboxylic acids is 1. The molecule has 35 heavy (non-hydrogen) atoms. The number of sulfonamides is 1. The van der Waals surface area contributed by atoms with Gasteiger partial charge >= 0.3 is 0 Å². The van der Waals surface area contributed by atoms with Gasteiger partial charge in [0.2, 0.25) is 10.0 Å². The van der Waals surface area contributed by atoms with Crippen LogP contribution < -0.4 is 0 Å². The molecule has 0 radical (unpaired) electrons. The lowest BCUT2D eigenvalue weighted by molar-refractivity contribution is -0.131. The first-order valence-corrected chi connectivity index (χ1v) is 13.6. The molecule has 0 bridgehead atoms. The molecule has 3 aliphatic heterocycles. The average molecular weight is 494 g/mol. The highest BCUT2D eigenvalue weighted by molar-refractivity contribution is 7.88. The molecule has 3 aliphatic rings. The van der Waals surface area contributed by atoms with E-state index in [9.17, 15) is 13.2 Å². The van der Waals surface area contributed by atoms with Crippen LogP contribution in [-0.4, -0.2) is 83.8 Å². The summed E-state index contributed by atoms with van der Waals surface area (Å²) >= 11 is 0. The van der Waals surface area contributed by atoms with Crippen molar-refractivity contribution < 1.29 is 17.9 Å². The molecular formula is C25H27N5O4S. The predicted molar refractivity (Wildman–Crippen MR) is 132 cm³/mol. The third-order valence-corrected chi connectivity index (χ3v) is 8.51. The van der Waals surface area contributed by atoms with Gasteiger partial charge in [-0.1, -0.05) is 30.3 Å². The normalized spacial score (nSPS) is 23.4. The maximum absolute atomic E-state index is 13.5. The smallest absolute Gasteiger partial charge is 0.258 e. The fraction of sp³-hybridized carbons (Fsp3) is 0.400. The zero-order chi connectivity index (χ0) is 24.4. The van der Waals surface area contributed by atoms with Crippen LogP contribution in [-0.2, 0) is 26.6 Å². The first-order chi connectivity index (χ1) is 16.7. The Hall–Kier alpha value is -3.08. The van der Waals surface area contributed by atoms with Gasteiger partial charge in [0.15, 0.2) is 5.54 Å². The van der Waals surface area contributed by atoms with Crippen molar-refractivity contribution in [1.82, 2.24) is 19.0 Å². The van der Waals surface area contributed by atoms with Crippen LogP contribution in [0.5, 0.6) is 0 Å². The summed E-state index contributed by atoms with van der Waals surface area (Å²) in [5, 5.41) is 5.40. The monoisotopic (exact) mass is 493 g/mol. The number of amides is 1. The fourth-order valence-corrected chi connectivity index (χ4v) is 6.14. The SMILES string of the molecule is Cn1ncc2cc(-c3ccc(C4=NC5(CCOC5)C(=O)N4CC4CN(S(C)(=O)=O)C4)cc3)ccc21. The van der Waals surface area contributed by atoms with Crippen molar-refractivity contribution in [3.63, 3.8) is 0 Å². The van der Waals surface area contributed by atoms with Crippen LogP contribution in [0.4, 0.5) is 0 Å². The molecule has 6 rings (SSSR count). The Kier molecular flexibility index (Phi) is 5.10. The number of fused-ring (bicyclic) bond motifs is 1. The van der Waals surface area contributed by atoms with E-state index in [4.69, 9.17) is 9.73 Å². The van der Waals surface area contributed by atoms with Crippen LogP contribution in [0.25, 0.3) is 22.0 Å². The van der Waals surface area contributed by atoms with E-state index in [1.165, 1.54) is 10.6 Å². The molecule has 1 unspecified atom stereocenters. The van der Waals surface area contributed by atoms with Gasteiger partial charge in [-0.2, -0.15) is 5.10 Å². The van der Waals surface area contributed by atoms with Crippen molar-refractivity contribution >= 4 is 32.7 Å². The second-order valence-corrected chi connectivity index (χ2v) is 11.7. The Balaban J connectivity index is 1.28. The van der Waals surface area contributed by atoms with Gasteiger partial charge in [-0.05, 0) is 23.3 Å². The summed E-state index contributed by atoms with van der Waals surface area (Å²) in [6, 6.07) is 14.4. The van der Waals surface area contributed by atoms with Crippen LogP contribution in [0.2, 0.25) is 0 Å². The topological polar surface area (TPSA) is 97.1 Å². The number of nitrogens with zero attached hydrogens (tertiary/aromatic N) is 5. The lowest BCUT2D eigenvalue weighted by Crippen LogP contribution is -2.55. The number of aromatic nitrogens is 2. The number of amidine groups is 1. The van der Waals surface area contributed by atoms with Crippen molar-refractivity contribution in [2.75, 3.05) is 39.1 Å². The zero-order valence-electron chi connectivity index (χ0n) is 19.7. The molecule has 182 valence electrons. The summed E-state index contributed by atoms with van der Waals surface area (Å²) in [5.41, 5.74) is 3.24. The summed E-state index contributed by atoms with van der Waals surface area (Å²) < 4.78 is 32.4. The van der Waals surface area contributed by atoms with Crippen LogP contribution in [0.3, 0.4) is 0 Å². The molecule has 1 atom stereocenters. The molecule has 0 aliphatic carbocycles.